The molecule has 1 heterocycles. The minimum Gasteiger partial charge on any atom is -0.473 e. The number of amides is 3. The summed E-state index contributed by atoms with van der Waals surface area (Å²) in [5.41, 5.74) is 1.07. The van der Waals surface area contributed by atoms with E-state index in [1.54, 1.807) is 37.3 Å². The quantitative estimate of drug-likeness (QED) is 0.385. The Kier molecular flexibility index (Phi) is 4.37. The van der Waals surface area contributed by atoms with Crippen LogP contribution in [-0.4, -0.2) is 30.5 Å². The van der Waals surface area contributed by atoms with Crippen LogP contribution < -0.4 is 10.2 Å². The number of carbonyl (C=O) groups excluding carboxylic acids is 2. The van der Waals surface area contributed by atoms with Gasteiger partial charge in [-0.3, -0.25) is 10.2 Å². The summed E-state index contributed by atoms with van der Waals surface area (Å²) < 4.78 is 5.23. The van der Waals surface area contributed by atoms with Gasteiger partial charge >= 0.3 is 6.03 Å². The molecule has 110 valence electrons. The average Bonchev–Trinajstić information content (AvgIpc) is 2.72. The summed E-state index contributed by atoms with van der Waals surface area (Å²) in [6, 6.07) is 5.60. The predicted octanol–water partition coefficient (Wildman–Crippen LogP) is 2.05. The number of imide groups is 1. The molecule has 2 rings (SSSR count). The maximum Gasteiger partial charge on any atom is 0.329 e. The summed E-state index contributed by atoms with van der Waals surface area (Å²) in [7, 11) is 0. The fourth-order valence-corrected chi connectivity index (χ4v) is 1.92. The molecule has 0 bridgehead atoms. The fourth-order valence-electron chi connectivity index (χ4n) is 1.92. The SMILES string of the molecule is C/C=C/COC(=N)c1ccc(N2C(=O)NC(C)C2=O)cc1. The van der Waals surface area contributed by atoms with Crippen LogP contribution in [0.1, 0.15) is 19.4 Å². The van der Waals surface area contributed by atoms with Gasteiger partial charge in [-0.2, -0.15) is 0 Å². The Bertz CT molecular complexity index is 593. The van der Waals surface area contributed by atoms with Crippen LogP contribution in [0.4, 0.5) is 10.5 Å². The van der Waals surface area contributed by atoms with Crippen LogP contribution in [0.3, 0.4) is 0 Å². The van der Waals surface area contributed by atoms with Crippen LogP contribution in [0.5, 0.6) is 0 Å². The molecular formula is C15H17N3O3. The van der Waals surface area contributed by atoms with E-state index in [9.17, 15) is 9.59 Å². The lowest BCUT2D eigenvalue weighted by Crippen LogP contribution is -2.30. The second-order valence-electron chi connectivity index (χ2n) is 4.60. The summed E-state index contributed by atoms with van der Waals surface area (Å²) in [6.07, 6.45) is 3.65. The molecule has 1 aliphatic rings. The van der Waals surface area contributed by atoms with Crippen LogP contribution in [0.2, 0.25) is 0 Å². The molecule has 1 atom stereocenters. The number of rotatable bonds is 4. The maximum absolute atomic E-state index is 11.9. The van der Waals surface area contributed by atoms with Crippen molar-refractivity contribution in [3.8, 4) is 0 Å². The molecule has 1 unspecified atom stereocenters. The molecule has 1 saturated heterocycles. The zero-order chi connectivity index (χ0) is 15.4. The van der Waals surface area contributed by atoms with Crippen molar-refractivity contribution in [1.82, 2.24) is 5.32 Å². The molecule has 6 nitrogen and oxygen atoms in total. The van der Waals surface area contributed by atoms with Gasteiger partial charge in [0.25, 0.3) is 5.91 Å². The summed E-state index contributed by atoms with van der Waals surface area (Å²) in [5.74, 6) is -0.239. The first-order valence-electron chi connectivity index (χ1n) is 6.62. The van der Waals surface area contributed by atoms with E-state index in [1.165, 1.54) is 0 Å². The highest BCUT2D eigenvalue weighted by Gasteiger charge is 2.36. The Morgan fingerprint density at radius 1 is 1.38 bits per heavy atom. The third-order valence-electron chi connectivity index (χ3n) is 3.08. The van der Waals surface area contributed by atoms with Crippen LogP contribution >= 0.6 is 0 Å². The zero-order valence-corrected chi connectivity index (χ0v) is 11.9. The maximum atomic E-state index is 11.9. The van der Waals surface area contributed by atoms with E-state index in [0.29, 0.717) is 17.9 Å². The Morgan fingerprint density at radius 2 is 2.05 bits per heavy atom. The summed E-state index contributed by atoms with van der Waals surface area (Å²) in [5, 5.41) is 10.3. The van der Waals surface area contributed by atoms with Gasteiger partial charge in [0.05, 0.1) is 5.69 Å². The van der Waals surface area contributed by atoms with E-state index < -0.39 is 12.1 Å². The van der Waals surface area contributed by atoms with Crippen LogP contribution in [0, 0.1) is 5.41 Å². The van der Waals surface area contributed by atoms with Crippen LogP contribution in [0.25, 0.3) is 0 Å². The third kappa shape index (κ3) is 3.10. The number of urea groups is 1. The molecule has 0 aromatic heterocycles. The molecule has 0 radical (unpaired) electrons. The van der Waals surface area contributed by atoms with Crippen molar-refractivity contribution >= 4 is 23.5 Å². The highest BCUT2D eigenvalue weighted by Crippen LogP contribution is 2.20. The normalized spacial score (nSPS) is 18.2. The summed E-state index contributed by atoms with van der Waals surface area (Å²) in [4.78, 5) is 24.7. The van der Waals surface area contributed by atoms with E-state index >= 15 is 0 Å². The molecule has 1 aromatic carbocycles. The van der Waals surface area contributed by atoms with Crippen molar-refractivity contribution in [2.45, 2.75) is 19.9 Å². The van der Waals surface area contributed by atoms with Crippen molar-refractivity contribution in [2.24, 2.45) is 0 Å². The highest BCUT2D eigenvalue weighted by molar-refractivity contribution is 6.21. The summed E-state index contributed by atoms with van der Waals surface area (Å²) in [6.45, 7) is 3.85. The van der Waals surface area contributed by atoms with Gasteiger partial charge in [0.2, 0.25) is 5.90 Å². The monoisotopic (exact) mass is 287 g/mol. The Labute approximate surface area is 122 Å². The average molecular weight is 287 g/mol. The number of nitrogens with one attached hydrogen (secondary N) is 2. The standard InChI is InChI=1S/C15H17N3O3/c1-3-4-9-21-13(16)11-5-7-12(8-6-11)18-14(19)10(2)17-15(18)20/h3-8,10,16H,9H2,1-2H3,(H,17,20)/b4-3+,16-13?. The summed E-state index contributed by atoms with van der Waals surface area (Å²) >= 11 is 0. The molecule has 0 aliphatic carbocycles. The fraction of sp³-hybridized carbons (Fsp3) is 0.267. The topological polar surface area (TPSA) is 82.5 Å². The molecule has 1 aromatic rings. The number of carbonyl (C=O) groups is 2. The van der Waals surface area contributed by atoms with E-state index in [1.807, 2.05) is 13.0 Å². The molecule has 3 amide bonds. The lowest BCUT2D eigenvalue weighted by atomic mass is 10.2. The number of ether oxygens (including phenoxy) is 1. The van der Waals surface area contributed by atoms with Gasteiger partial charge in [-0.15, -0.1) is 0 Å². The predicted molar refractivity (Wildman–Crippen MR) is 79.5 cm³/mol. The number of nitrogens with zero attached hydrogens (tertiary/aromatic N) is 1. The van der Waals surface area contributed by atoms with Gasteiger partial charge in [-0.25, -0.2) is 9.69 Å². The lowest BCUT2D eigenvalue weighted by Gasteiger charge is -2.13. The van der Waals surface area contributed by atoms with E-state index in [2.05, 4.69) is 5.32 Å². The molecule has 1 aliphatic heterocycles. The second-order valence-corrected chi connectivity index (χ2v) is 4.60. The van der Waals surface area contributed by atoms with Crippen molar-refractivity contribution < 1.29 is 14.3 Å². The van der Waals surface area contributed by atoms with Gasteiger partial charge < -0.3 is 10.1 Å². The van der Waals surface area contributed by atoms with Crippen molar-refractivity contribution in [1.29, 1.82) is 5.41 Å². The smallest absolute Gasteiger partial charge is 0.329 e. The van der Waals surface area contributed by atoms with Crippen LogP contribution in [0.15, 0.2) is 36.4 Å². The highest BCUT2D eigenvalue weighted by atomic mass is 16.5. The van der Waals surface area contributed by atoms with E-state index in [-0.39, 0.29) is 11.8 Å². The van der Waals surface area contributed by atoms with Gasteiger partial charge in [0.15, 0.2) is 0 Å². The Morgan fingerprint density at radius 3 is 2.57 bits per heavy atom. The van der Waals surface area contributed by atoms with Crippen molar-refractivity contribution in [3.05, 3.63) is 42.0 Å². The number of hydrogen-bond acceptors (Lipinski definition) is 4. The molecule has 6 heteroatoms. The molecule has 2 N–H and O–H groups in total. The first kappa shape index (κ1) is 14.8. The molecule has 0 spiro atoms. The van der Waals surface area contributed by atoms with Gasteiger partial charge in [0.1, 0.15) is 12.6 Å². The van der Waals surface area contributed by atoms with Gasteiger partial charge in [-0.1, -0.05) is 12.2 Å². The minimum absolute atomic E-state index is 0.0465. The molecule has 1 fully saturated rings. The first-order valence-corrected chi connectivity index (χ1v) is 6.62. The molecule has 21 heavy (non-hydrogen) atoms. The Balaban J connectivity index is 2.10. The number of anilines is 1. The number of allylic oxidation sites excluding steroid dienone is 1. The third-order valence-corrected chi connectivity index (χ3v) is 3.08. The lowest BCUT2D eigenvalue weighted by molar-refractivity contribution is -0.117. The minimum atomic E-state index is -0.514. The van der Waals surface area contributed by atoms with E-state index in [4.69, 9.17) is 10.1 Å². The van der Waals surface area contributed by atoms with Gasteiger partial charge in [-0.05, 0) is 38.1 Å². The molecule has 0 saturated carbocycles. The van der Waals surface area contributed by atoms with Crippen molar-refractivity contribution in [3.63, 3.8) is 0 Å². The largest absolute Gasteiger partial charge is 0.473 e. The molecular weight excluding hydrogens is 270 g/mol. The second kappa shape index (κ2) is 6.21. The Hall–Kier alpha value is -2.63. The van der Waals surface area contributed by atoms with Crippen molar-refractivity contribution in [2.75, 3.05) is 11.5 Å². The first-order chi connectivity index (χ1) is 10.0. The number of benzene rings is 1. The number of hydrogen-bond donors (Lipinski definition) is 2. The zero-order valence-electron chi connectivity index (χ0n) is 11.9. The van der Waals surface area contributed by atoms with Crippen LogP contribution in [-0.2, 0) is 9.53 Å². The van der Waals surface area contributed by atoms with Gasteiger partial charge in [0, 0.05) is 5.56 Å². The van der Waals surface area contributed by atoms with E-state index in [0.717, 1.165) is 4.90 Å².